The van der Waals surface area contributed by atoms with Gasteiger partial charge in [-0.05, 0) is 48.9 Å². The predicted molar refractivity (Wildman–Crippen MR) is 133 cm³/mol. The van der Waals surface area contributed by atoms with Crippen molar-refractivity contribution in [1.29, 1.82) is 0 Å². The highest BCUT2D eigenvalue weighted by molar-refractivity contribution is 14.0. The average molecular weight is 547 g/mol. The van der Waals surface area contributed by atoms with Gasteiger partial charge in [-0.25, -0.2) is 0 Å². The van der Waals surface area contributed by atoms with Crippen molar-refractivity contribution >= 4 is 53.1 Å². The van der Waals surface area contributed by atoms with Crippen LogP contribution in [0.1, 0.15) is 12.0 Å². The van der Waals surface area contributed by atoms with Gasteiger partial charge in [0.2, 0.25) is 5.91 Å². The van der Waals surface area contributed by atoms with E-state index < -0.39 is 0 Å². The zero-order valence-corrected chi connectivity index (χ0v) is 20.4. The number of rotatable bonds is 9. The summed E-state index contributed by atoms with van der Waals surface area (Å²) in [6, 6.07) is 12.8. The first-order valence-electron chi connectivity index (χ1n) is 9.30. The highest BCUT2D eigenvalue weighted by atomic mass is 127. The Kier molecular flexibility index (Phi) is 12.0. The molecule has 0 bridgehead atoms. The Bertz CT molecular complexity index is 832. The Hall–Kier alpha value is -2.20. The van der Waals surface area contributed by atoms with E-state index in [2.05, 4.69) is 20.9 Å². The van der Waals surface area contributed by atoms with Crippen LogP contribution in [0.5, 0.6) is 11.5 Å². The number of hydrogen-bond donors (Lipinski definition) is 3. The lowest BCUT2D eigenvalue weighted by molar-refractivity contribution is -0.116. The maximum atomic E-state index is 12.1. The summed E-state index contributed by atoms with van der Waals surface area (Å²) in [4.78, 5) is 16.3. The van der Waals surface area contributed by atoms with Gasteiger partial charge in [0.15, 0.2) is 5.96 Å². The maximum Gasteiger partial charge on any atom is 0.226 e. The molecule has 30 heavy (non-hydrogen) atoms. The fourth-order valence-corrected chi connectivity index (χ4v) is 2.66. The average Bonchev–Trinajstić information content (AvgIpc) is 2.73. The number of methoxy groups -OCH3 is 1. The summed E-state index contributed by atoms with van der Waals surface area (Å²) in [6.45, 7) is 3.36. The van der Waals surface area contributed by atoms with Gasteiger partial charge in [0.05, 0.1) is 13.7 Å². The molecule has 2 aromatic rings. The zero-order valence-electron chi connectivity index (χ0n) is 17.3. The van der Waals surface area contributed by atoms with E-state index in [1.807, 2.05) is 43.3 Å². The van der Waals surface area contributed by atoms with E-state index in [1.165, 1.54) is 0 Å². The van der Waals surface area contributed by atoms with E-state index in [1.54, 1.807) is 20.2 Å². The Morgan fingerprint density at radius 2 is 1.73 bits per heavy atom. The number of benzene rings is 2. The molecular weight excluding hydrogens is 519 g/mol. The number of halogens is 2. The van der Waals surface area contributed by atoms with Crippen molar-refractivity contribution < 1.29 is 14.3 Å². The number of guanidine groups is 1. The lowest BCUT2D eigenvalue weighted by Crippen LogP contribution is -2.40. The number of carbonyl (C=O) groups excluding carboxylic acids is 1. The fourth-order valence-electron chi connectivity index (χ4n) is 2.48. The van der Waals surface area contributed by atoms with Crippen LogP contribution < -0.4 is 25.4 Å². The molecule has 3 N–H and O–H groups in total. The molecule has 0 saturated heterocycles. The van der Waals surface area contributed by atoms with Crippen LogP contribution in [0, 0.1) is 6.92 Å². The molecule has 0 heterocycles. The predicted octanol–water partition coefficient (Wildman–Crippen LogP) is 3.85. The molecule has 0 unspecified atom stereocenters. The van der Waals surface area contributed by atoms with Crippen molar-refractivity contribution in [2.24, 2.45) is 4.99 Å². The minimum absolute atomic E-state index is 0. The molecule has 0 fully saturated rings. The normalized spacial score (nSPS) is 10.6. The lowest BCUT2D eigenvalue weighted by Gasteiger charge is -2.13. The van der Waals surface area contributed by atoms with Gasteiger partial charge in [-0.1, -0.05) is 17.7 Å². The summed E-state index contributed by atoms with van der Waals surface area (Å²) in [7, 11) is 3.30. The smallest absolute Gasteiger partial charge is 0.226 e. The van der Waals surface area contributed by atoms with E-state index >= 15 is 0 Å². The van der Waals surface area contributed by atoms with E-state index in [9.17, 15) is 4.79 Å². The SMILES string of the molecule is CN=C(NCCOc1ccc(OC)cc1)NCCC(=O)Nc1cccc(Cl)c1C.I. The van der Waals surface area contributed by atoms with E-state index in [0.29, 0.717) is 37.1 Å². The quantitative estimate of drug-likeness (QED) is 0.193. The minimum atomic E-state index is -0.0961. The van der Waals surface area contributed by atoms with Crippen LogP contribution in [0.15, 0.2) is 47.5 Å². The van der Waals surface area contributed by atoms with Gasteiger partial charge in [-0.15, -0.1) is 24.0 Å². The number of carbonyl (C=O) groups is 1. The van der Waals surface area contributed by atoms with Crippen LogP contribution in [0.25, 0.3) is 0 Å². The van der Waals surface area contributed by atoms with Gasteiger partial charge in [0, 0.05) is 30.7 Å². The molecule has 0 saturated carbocycles. The van der Waals surface area contributed by atoms with Gasteiger partial charge >= 0.3 is 0 Å². The Morgan fingerprint density at radius 1 is 1.07 bits per heavy atom. The summed E-state index contributed by atoms with van der Waals surface area (Å²) in [5.41, 5.74) is 1.57. The second-order valence-corrected chi connectivity index (χ2v) is 6.57. The first-order valence-corrected chi connectivity index (χ1v) is 9.67. The summed E-state index contributed by atoms with van der Waals surface area (Å²) in [6.07, 6.45) is 0.301. The molecule has 0 aliphatic carbocycles. The summed E-state index contributed by atoms with van der Waals surface area (Å²) >= 11 is 6.07. The van der Waals surface area contributed by atoms with Crippen molar-refractivity contribution in [2.45, 2.75) is 13.3 Å². The number of aliphatic imine (C=N–C) groups is 1. The summed E-state index contributed by atoms with van der Waals surface area (Å²) in [5, 5.41) is 9.74. The van der Waals surface area contributed by atoms with Crippen LogP contribution in [-0.4, -0.2) is 45.7 Å². The van der Waals surface area contributed by atoms with Crippen LogP contribution in [0.4, 0.5) is 5.69 Å². The number of hydrogen-bond acceptors (Lipinski definition) is 4. The molecule has 2 rings (SSSR count). The van der Waals surface area contributed by atoms with Gasteiger partial charge in [-0.2, -0.15) is 0 Å². The molecule has 1 amide bonds. The van der Waals surface area contributed by atoms with E-state index in [-0.39, 0.29) is 29.9 Å². The highest BCUT2D eigenvalue weighted by Gasteiger charge is 2.07. The summed E-state index contributed by atoms with van der Waals surface area (Å²) in [5.74, 6) is 2.06. The number of nitrogens with zero attached hydrogens (tertiary/aromatic N) is 1. The third kappa shape index (κ3) is 8.66. The van der Waals surface area contributed by atoms with Gasteiger partial charge in [0.1, 0.15) is 18.1 Å². The Balaban J connectivity index is 0.00000450. The van der Waals surface area contributed by atoms with Crippen molar-refractivity contribution in [3.63, 3.8) is 0 Å². The molecule has 0 atom stereocenters. The molecule has 9 heteroatoms. The van der Waals surface area contributed by atoms with Gasteiger partial charge < -0.3 is 25.4 Å². The molecule has 164 valence electrons. The van der Waals surface area contributed by atoms with Crippen LogP contribution in [-0.2, 0) is 4.79 Å². The number of anilines is 1. The van der Waals surface area contributed by atoms with Crippen LogP contribution in [0.2, 0.25) is 5.02 Å². The van der Waals surface area contributed by atoms with E-state index in [0.717, 1.165) is 22.7 Å². The first-order chi connectivity index (χ1) is 14.0. The molecule has 0 spiro atoms. The molecule has 0 aliphatic rings. The third-order valence-corrected chi connectivity index (χ3v) is 4.54. The second-order valence-electron chi connectivity index (χ2n) is 6.16. The highest BCUT2D eigenvalue weighted by Crippen LogP contribution is 2.22. The van der Waals surface area contributed by atoms with Crippen molar-refractivity contribution in [2.75, 3.05) is 39.2 Å². The molecule has 2 aromatic carbocycles. The number of nitrogens with one attached hydrogen (secondary N) is 3. The number of ether oxygens (including phenoxy) is 2. The van der Waals surface area contributed by atoms with Crippen molar-refractivity contribution in [1.82, 2.24) is 10.6 Å². The topological polar surface area (TPSA) is 84.0 Å². The summed E-state index contributed by atoms with van der Waals surface area (Å²) < 4.78 is 10.8. The molecule has 0 radical (unpaired) electrons. The Labute approximate surface area is 199 Å². The van der Waals surface area contributed by atoms with Crippen molar-refractivity contribution in [3.05, 3.63) is 53.1 Å². The standard InChI is InChI=1S/C21H27ClN4O3.HI/c1-15-18(22)5-4-6-19(15)26-20(27)11-12-24-21(23-2)25-13-14-29-17-9-7-16(28-3)8-10-17;/h4-10H,11-14H2,1-3H3,(H,26,27)(H2,23,24,25);1H. The molecular formula is C21H28ClIN4O3. The van der Waals surface area contributed by atoms with Gasteiger partial charge in [0.25, 0.3) is 0 Å². The zero-order chi connectivity index (χ0) is 21.1. The fraction of sp³-hybridized carbons (Fsp3) is 0.333. The van der Waals surface area contributed by atoms with Gasteiger partial charge in [-0.3, -0.25) is 9.79 Å². The van der Waals surface area contributed by atoms with Crippen LogP contribution >= 0.6 is 35.6 Å². The van der Waals surface area contributed by atoms with Crippen LogP contribution in [0.3, 0.4) is 0 Å². The molecule has 7 nitrogen and oxygen atoms in total. The maximum absolute atomic E-state index is 12.1. The number of amides is 1. The first kappa shape index (κ1) is 25.8. The lowest BCUT2D eigenvalue weighted by atomic mass is 10.2. The molecule has 0 aliphatic heterocycles. The molecule has 0 aromatic heterocycles. The Morgan fingerprint density at radius 3 is 2.40 bits per heavy atom. The van der Waals surface area contributed by atoms with E-state index in [4.69, 9.17) is 21.1 Å². The third-order valence-electron chi connectivity index (χ3n) is 4.13. The monoisotopic (exact) mass is 546 g/mol. The van der Waals surface area contributed by atoms with Crippen molar-refractivity contribution in [3.8, 4) is 11.5 Å². The largest absolute Gasteiger partial charge is 0.497 e. The minimum Gasteiger partial charge on any atom is -0.497 e. The second kappa shape index (κ2) is 13.9.